The Hall–Kier alpha value is -1.78. The maximum Gasteiger partial charge on any atom is 0.310 e. The van der Waals surface area contributed by atoms with Crippen molar-refractivity contribution >= 4 is 51.2 Å². The number of amides is 2. The van der Waals surface area contributed by atoms with E-state index in [-0.39, 0.29) is 41.1 Å². The minimum atomic E-state index is -0.698. The van der Waals surface area contributed by atoms with Gasteiger partial charge in [-0.3, -0.25) is 14.4 Å². The molecule has 10 heteroatoms. The van der Waals surface area contributed by atoms with Crippen LogP contribution in [-0.4, -0.2) is 75.5 Å². The van der Waals surface area contributed by atoms with E-state index in [1.165, 1.54) is 0 Å². The summed E-state index contributed by atoms with van der Waals surface area (Å²) in [6.45, 7) is 2.51. The molecule has 34 heavy (non-hydrogen) atoms. The van der Waals surface area contributed by atoms with Gasteiger partial charge in [-0.05, 0) is 56.9 Å². The van der Waals surface area contributed by atoms with E-state index in [1.54, 1.807) is 55.0 Å². The molecule has 3 aliphatic heterocycles. The summed E-state index contributed by atoms with van der Waals surface area (Å²) in [5.41, 5.74) is 0.619. The first-order chi connectivity index (χ1) is 16.4. The van der Waals surface area contributed by atoms with Gasteiger partial charge in [-0.1, -0.05) is 15.9 Å². The minimum Gasteiger partial charge on any atom is -0.497 e. The number of methoxy groups -OCH3 is 1. The van der Waals surface area contributed by atoms with Gasteiger partial charge in [-0.2, -0.15) is 0 Å². The molecule has 3 heterocycles. The number of anilines is 1. The Bertz CT molecular complexity index is 931. The number of nitrogens with one attached hydrogen (secondary N) is 1. The van der Waals surface area contributed by atoms with E-state index in [9.17, 15) is 14.4 Å². The molecule has 6 atom stereocenters. The summed E-state index contributed by atoms with van der Waals surface area (Å²) in [7, 11) is 1.58. The Morgan fingerprint density at radius 3 is 2.65 bits per heavy atom. The van der Waals surface area contributed by atoms with Gasteiger partial charge < -0.3 is 24.8 Å². The topological polar surface area (TPSA) is 105 Å². The lowest BCUT2D eigenvalue weighted by molar-refractivity contribution is -0.153. The predicted molar refractivity (Wildman–Crippen MR) is 133 cm³/mol. The third-order valence-corrected chi connectivity index (χ3v) is 10.2. The molecule has 1 aromatic carbocycles. The van der Waals surface area contributed by atoms with Crippen molar-refractivity contribution in [1.82, 2.24) is 4.90 Å². The average Bonchev–Trinajstić information content (AvgIpc) is 3.41. The van der Waals surface area contributed by atoms with Crippen LogP contribution in [-0.2, 0) is 19.1 Å². The Labute approximate surface area is 212 Å². The number of ether oxygens (including phenoxy) is 2. The van der Waals surface area contributed by atoms with E-state index < -0.39 is 22.6 Å². The number of hydrogen-bond acceptors (Lipinski definition) is 7. The average molecular weight is 555 g/mol. The number of thioether (sulfide) groups is 1. The number of fused-ring (bicyclic) bond motifs is 1. The van der Waals surface area contributed by atoms with Gasteiger partial charge in [0.15, 0.2) is 0 Å². The molecule has 4 rings (SSSR count). The van der Waals surface area contributed by atoms with Crippen molar-refractivity contribution in [2.45, 2.75) is 53.5 Å². The molecule has 2 amide bonds. The third-order valence-electron chi connectivity index (χ3n) is 7.01. The second kappa shape index (κ2) is 10.5. The first-order valence-corrected chi connectivity index (χ1v) is 13.5. The summed E-state index contributed by atoms with van der Waals surface area (Å²) in [5, 5.41) is 12.0. The molecule has 3 fully saturated rings. The standard InChI is InChI=1S/C24H31BrN2O6S/c1-3-33-23(31)17-18-22(30)27(11-5-4-6-12-28)20(24(18)13-16(25)19(17)34-24)21(29)26-14-7-9-15(32-2)10-8-14/h7-10,16-20,28H,3-6,11-13H2,1-2H3,(H,26,29)/t16?,17-,18+,19-,20?,24?/m1/s1. The first kappa shape index (κ1) is 25.3. The molecule has 1 aromatic rings. The van der Waals surface area contributed by atoms with Crippen LogP contribution in [0.5, 0.6) is 5.75 Å². The molecular weight excluding hydrogens is 524 g/mol. The Balaban J connectivity index is 1.65. The van der Waals surface area contributed by atoms with Crippen LogP contribution in [0.4, 0.5) is 5.69 Å². The molecule has 0 aliphatic carbocycles. The van der Waals surface area contributed by atoms with Crippen molar-refractivity contribution in [2.24, 2.45) is 11.8 Å². The number of rotatable bonds is 10. The van der Waals surface area contributed by atoms with Crippen LogP contribution in [0, 0.1) is 11.8 Å². The highest BCUT2D eigenvalue weighted by Gasteiger charge is 2.75. The predicted octanol–water partition coefficient (Wildman–Crippen LogP) is 2.82. The number of carbonyl (C=O) groups is 3. The van der Waals surface area contributed by atoms with Crippen LogP contribution in [0.2, 0.25) is 0 Å². The largest absolute Gasteiger partial charge is 0.497 e. The number of halogens is 1. The lowest BCUT2D eigenvalue weighted by Crippen LogP contribution is -2.52. The number of unbranched alkanes of at least 4 members (excludes halogenated alkanes) is 2. The van der Waals surface area contributed by atoms with Gasteiger partial charge >= 0.3 is 5.97 Å². The van der Waals surface area contributed by atoms with E-state index in [0.717, 1.165) is 6.42 Å². The Morgan fingerprint density at radius 2 is 2.00 bits per heavy atom. The fraction of sp³-hybridized carbons (Fsp3) is 0.625. The Kier molecular flexibility index (Phi) is 7.79. The van der Waals surface area contributed by atoms with E-state index in [4.69, 9.17) is 14.6 Å². The molecule has 2 N–H and O–H groups in total. The number of likely N-dealkylation sites (tertiary alicyclic amines) is 1. The van der Waals surface area contributed by atoms with Crippen LogP contribution in [0.1, 0.15) is 32.6 Å². The zero-order chi connectivity index (χ0) is 24.5. The Morgan fingerprint density at radius 1 is 1.26 bits per heavy atom. The van der Waals surface area contributed by atoms with Gasteiger partial charge in [0.05, 0.1) is 30.3 Å². The van der Waals surface area contributed by atoms with Crippen LogP contribution < -0.4 is 10.1 Å². The van der Waals surface area contributed by atoms with E-state index >= 15 is 0 Å². The van der Waals surface area contributed by atoms with Crippen LogP contribution in [0.3, 0.4) is 0 Å². The fourth-order valence-corrected chi connectivity index (χ4v) is 9.23. The van der Waals surface area contributed by atoms with Crippen LogP contribution in [0.15, 0.2) is 24.3 Å². The number of nitrogens with zero attached hydrogens (tertiary/aromatic N) is 1. The zero-order valence-electron chi connectivity index (χ0n) is 19.4. The van der Waals surface area contributed by atoms with Gasteiger partial charge in [0.25, 0.3) is 0 Å². The third kappa shape index (κ3) is 4.33. The summed E-state index contributed by atoms with van der Waals surface area (Å²) in [5.74, 6) is -1.23. The highest BCUT2D eigenvalue weighted by molar-refractivity contribution is 9.09. The quantitative estimate of drug-likeness (QED) is 0.260. The lowest BCUT2D eigenvalue weighted by atomic mass is 9.71. The fourth-order valence-electron chi connectivity index (χ4n) is 5.63. The number of hydrogen-bond donors (Lipinski definition) is 2. The van der Waals surface area contributed by atoms with Crippen molar-refractivity contribution < 1.29 is 29.0 Å². The normalized spacial score (nSPS) is 31.5. The monoisotopic (exact) mass is 554 g/mol. The molecule has 186 valence electrons. The smallest absolute Gasteiger partial charge is 0.310 e. The number of benzene rings is 1. The molecule has 0 aromatic heterocycles. The molecule has 2 bridgehead atoms. The van der Waals surface area contributed by atoms with Crippen molar-refractivity contribution in [3.63, 3.8) is 0 Å². The summed E-state index contributed by atoms with van der Waals surface area (Å²) in [6, 6.07) is 6.37. The van der Waals surface area contributed by atoms with Gasteiger partial charge in [0, 0.05) is 28.9 Å². The number of aliphatic hydroxyl groups is 1. The highest BCUT2D eigenvalue weighted by atomic mass is 79.9. The number of alkyl halides is 1. The number of carbonyl (C=O) groups excluding carboxylic acids is 3. The maximum atomic E-state index is 13.8. The maximum absolute atomic E-state index is 13.8. The molecular formula is C24H31BrN2O6S. The van der Waals surface area contributed by atoms with Crippen molar-refractivity contribution in [2.75, 3.05) is 32.2 Å². The van der Waals surface area contributed by atoms with Gasteiger partial charge in [0.2, 0.25) is 11.8 Å². The molecule has 3 aliphatic rings. The summed E-state index contributed by atoms with van der Waals surface area (Å²) in [6.07, 6.45) is 2.70. The van der Waals surface area contributed by atoms with Crippen molar-refractivity contribution in [3.8, 4) is 5.75 Å². The SMILES string of the molecule is CCOC(=O)[C@H]1[C@@H]2SC3(CC2Br)C(C(=O)Nc2ccc(OC)cc2)N(CCCCCO)C(=O)[C@H]13. The number of aliphatic hydroxyl groups excluding tert-OH is 1. The molecule has 3 unspecified atom stereocenters. The van der Waals surface area contributed by atoms with Gasteiger partial charge in [-0.25, -0.2) is 0 Å². The molecule has 8 nitrogen and oxygen atoms in total. The summed E-state index contributed by atoms with van der Waals surface area (Å²) in [4.78, 5) is 42.1. The van der Waals surface area contributed by atoms with Gasteiger partial charge in [-0.15, -0.1) is 11.8 Å². The van der Waals surface area contributed by atoms with Crippen LogP contribution in [0.25, 0.3) is 0 Å². The zero-order valence-corrected chi connectivity index (χ0v) is 21.8. The highest BCUT2D eigenvalue weighted by Crippen LogP contribution is 2.67. The summed E-state index contributed by atoms with van der Waals surface area (Å²) < 4.78 is 9.86. The minimum absolute atomic E-state index is 0.0154. The van der Waals surface area contributed by atoms with Crippen LogP contribution >= 0.6 is 27.7 Å². The first-order valence-electron chi connectivity index (χ1n) is 11.7. The second-order valence-electron chi connectivity index (χ2n) is 8.95. The molecule has 0 saturated carbocycles. The van der Waals surface area contributed by atoms with Crippen molar-refractivity contribution in [1.29, 1.82) is 0 Å². The molecule has 3 saturated heterocycles. The van der Waals surface area contributed by atoms with E-state index in [0.29, 0.717) is 37.2 Å². The molecule has 1 spiro atoms. The van der Waals surface area contributed by atoms with Crippen molar-refractivity contribution in [3.05, 3.63) is 24.3 Å². The lowest BCUT2D eigenvalue weighted by Gasteiger charge is -2.35. The van der Waals surface area contributed by atoms with E-state index in [2.05, 4.69) is 21.2 Å². The van der Waals surface area contributed by atoms with Gasteiger partial charge in [0.1, 0.15) is 11.8 Å². The molecule has 0 radical (unpaired) electrons. The second-order valence-corrected chi connectivity index (χ2v) is 11.7. The summed E-state index contributed by atoms with van der Waals surface area (Å²) >= 11 is 5.32. The van der Waals surface area contributed by atoms with E-state index in [1.807, 2.05) is 0 Å². The number of esters is 1.